The number of allylic oxidation sites excluding steroid dienone is 5. The van der Waals surface area contributed by atoms with E-state index in [4.69, 9.17) is 19.1 Å². The summed E-state index contributed by atoms with van der Waals surface area (Å²) in [6.07, 6.45) is 8.34. The molecular weight excluding hydrogens is 1060 g/mol. The lowest BCUT2D eigenvalue weighted by Gasteiger charge is -2.22. The van der Waals surface area contributed by atoms with Crippen LogP contribution in [0.25, 0.3) is 5.57 Å². The Morgan fingerprint density at radius 2 is 1.30 bits per heavy atom. The number of nitrogens with zero attached hydrogens (tertiary/aromatic N) is 4. The van der Waals surface area contributed by atoms with Crippen LogP contribution in [0.2, 0.25) is 0 Å². The molecule has 2 aliphatic rings. The third-order valence-electron chi connectivity index (χ3n) is 12.1. The molecule has 4 amide bonds. The van der Waals surface area contributed by atoms with Gasteiger partial charge in [0.2, 0.25) is 15.9 Å². The van der Waals surface area contributed by atoms with E-state index in [9.17, 15) is 58.6 Å². The summed E-state index contributed by atoms with van der Waals surface area (Å²) in [6, 6.07) is 10.5. The molecule has 0 bridgehead atoms. The van der Waals surface area contributed by atoms with Gasteiger partial charge in [0, 0.05) is 69.5 Å². The molecule has 4 rings (SSSR count). The molecule has 0 aromatic heterocycles. The first-order valence-corrected chi connectivity index (χ1v) is 30.1. The number of benzene rings is 2. The van der Waals surface area contributed by atoms with Gasteiger partial charge < -0.3 is 30.0 Å². The van der Waals surface area contributed by atoms with Crippen LogP contribution in [-0.2, 0) is 59.1 Å². The van der Waals surface area contributed by atoms with Gasteiger partial charge in [0.15, 0.2) is 0 Å². The first-order valence-electron chi connectivity index (χ1n) is 25.3. The lowest BCUT2D eigenvalue weighted by molar-refractivity contribution is -0.197. The van der Waals surface area contributed by atoms with E-state index in [-0.39, 0.29) is 112 Å². The van der Waals surface area contributed by atoms with Crippen molar-refractivity contribution in [1.29, 1.82) is 0 Å². The highest BCUT2D eigenvalue weighted by Gasteiger charge is 2.33. The molecule has 23 nitrogen and oxygen atoms in total. The van der Waals surface area contributed by atoms with Gasteiger partial charge in [-0.15, -0.1) is 5.06 Å². The first-order chi connectivity index (χ1) is 36.3. The van der Waals surface area contributed by atoms with Crippen molar-refractivity contribution in [3.8, 4) is 5.75 Å². The van der Waals surface area contributed by atoms with Gasteiger partial charge in [0.25, 0.3) is 38.0 Å². The van der Waals surface area contributed by atoms with E-state index in [2.05, 4.69) is 15.4 Å². The Morgan fingerprint density at radius 1 is 0.701 bits per heavy atom. The summed E-state index contributed by atoms with van der Waals surface area (Å²) in [6.45, 7) is 7.91. The normalized spacial score (nSPS) is 15.2. The van der Waals surface area contributed by atoms with Gasteiger partial charge in [0.1, 0.15) is 5.75 Å². The van der Waals surface area contributed by atoms with E-state index in [0.29, 0.717) is 84.2 Å². The van der Waals surface area contributed by atoms with Gasteiger partial charge >= 0.3 is 11.9 Å². The average molecular weight is 1130 g/mol. The molecule has 0 radical (unpaired) electrons. The van der Waals surface area contributed by atoms with Crippen molar-refractivity contribution in [2.24, 2.45) is 4.99 Å². The highest BCUT2D eigenvalue weighted by molar-refractivity contribution is 7.89. The van der Waals surface area contributed by atoms with Crippen LogP contribution in [0.1, 0.15) is 96.8 Å². The third-order valence-corrected chi connectivity index (χ3v) is 15.2. The van der Waals surface area contributed by atoms with E-state index in [0.717, 1.165) is 5.56 Å². The number of carbonyl (C=O) groups is 6. The largest absolute Gasteiger partial charge is 0.422 e. The van der Waals surface area contributed by atoms with Crippen molar-refractivity contribution < 1.29 is 72.7 Å². The minimum Gasteiger partial charge on any atom is -0.422 e. The van der Waals surface area contributed by atoms with Crippen molar-refractivity contribution in [2.45, 2.75) is 85.0 Å². The van der Waals surface area contributed by atoms with Gasteiger partial charge in [-0.05, 0) is 133 Å². The number of nitrogens with one attached hydrogen (secondary N) is 3. The van der Waals surface area contributed by atoms with Gasteiger partial charge in [0.05, 0.1) is 28.5 Å². The molecule has 0 saturated carbocycles. The summed E-state index contributed by atoms with van der Waals surface area (Å²) >= 11 is 0. The minimum absolute atomic E-state index is 0.0000467. The maximum atomic E-state index is 14.4. The average Bonchev–Trinajstić information content (AvgIpc) is 3.66. The number of sulfonamides is 1. The minimum atomic E-state index is -4.19. The lowest BCUT2D eigenvalue weighted by atomic mass is 9.91. The molecule has 1 aliphatic carbocycles. The number of ether oxygens (including phenoxy) is 1. The number of hydroxylamine groups is 2. The van der Waals surface area contributed by atoms with Gasteiger partial charge in [-0.3, -0.25) is 33.3 Å². The van der Waals surface area contributed by atoms with E-state index >= 15 is 0 Å². The summed E-state index contributed by atoms with van der Waals surface area (Å²) in [5.41, 5.74) is 3.84. The fourth-order valence-electron chi connectivity index (χ4n) is 8.20. The fraction of sp³-hybridized carbons (Fsp3) is 0.510. The quantitative estimate of drug-likeness (QED) is 0.0171. The van der Waals surface area contributed by atoms with Gasteiger partial charge in [-0.2, -0.15) is 16.8 Å². The molecule has 0 spiro atoms. The van der Waals surface area contributed by atoms with Crippen molar-refractivity contribution in [3.05, 3.63) is 94.1 Å². The van der Waals surface area contributed by atoms with Crippen LogP contribution in [0.5, 0.6) is 5.75 Å². The number of amides is 4. The second-order valence-electron chi connectivity index (χ2n) is 18.6. The molecule has 0 atom stereocenters. The molecule has 2 aromatic carbocycles. The second kappa shape index (κ2) is 30.8. The fourth-order valence-corrected chi connectivity index (χ4v) is 10.2. The Labute approximate surface area is 451 Å². The van der Waals surface area contributed by atoms with Crippen molar-refractivity contribution in [3.63, 3.8) is 0 Å². The predicted octanol–water partition coefficient (Wildman–Crippen LogP) is 3.04. The van der Waals surface area contributed by atoms with E-state index in [1.54, 1.807) is 74.4 Å². The number of carbonyl (C=O) groups excluding carboxylic acids is 6. The zero-order valence-electron chi connectivity index (χ0n) is 44.0. The van der Waals surface area contributed by atoms with Crippen LogP contribution >= 0.6 is 0 Å². The smallest absolute Gasteiger partial charge is 0.344 e. The highest BCUT2D eigenvalue weighted by atomic mass is 32.2. The summed E-state index contributed by atoms with van der Waals surface area (Å²) in [4.78, 5) is 88.8. The van der Waals surface area contributed by atoms with Crippen LogP contribution in [-0.4, -0.2) is 174 Å². The number of esters is 1. The van der Waals surface area contributed by atoms with Crippen molar-refractivity contribution in [1.82, 2.24) is 30.2 Å². The van der Waals surface area contributed by atoms with E-state index in [1.807, 2.05) is 24.0 Å². The summed E-state index contributed by atoms with van der Waals surface area (Å²) in [5, 5.41) is 6.11. The zero-order valence-corrected chi connectivity index (χ0v) is 46.4. The van der Waals surface area contributed by atoms with Crippen LogP contribution in [0.4, 0.5) is 0 Å². The molecule has 1 aliphatic heterocycles. The Hall–Kier alpha value is -6.00. The highest BCUT2D eigenvalue weighted by Crippen LogP contribution is 2.31. The van der Waals surface area contributed by atoms with Crippen molar-refractivity contribution >= 4 is 77.1 Å². The molecule has 1 fully saturated rings. The number of hydrogen-bond donors (Lipinski definition) is 5. The SMILES string of the molecule is Cc1ccccc1/C(C(=O)Oc1c(C)cc(C(=O)NCCCN(CCCNC(=O)CCCC(=O)ON2C(=O)CCC2=O)CCCS(=O)(=O)O)cc1C)=C1/C=CC=CC1=NCCCS(=O)(=O)NCCN(C)CCCS(=O)(=O)O. The van der Waals surface area contributed by atoms with Gasteiger partial charge in [-0.25, -0.2) is 22.7 Å². The van der Waals surface area contributed by atoms with Crippen LogP contribution in [0.15, 0.2) is 71.3 Å². The Bertz CT molecular complexity index is 2880. The summed E-state index contributed by atoms with van der Waals surface area (Å²) in [5.74, 6) is -4.17. The van der Waals surface area contributed by atoms with E-state index in [1.165, 1.54) is 0 Å². The Morgan fingerprint density at radius 3 is 1.94 bits per heavy atom. The molecule has 5 N–H and O–H groups in total. The Kier molecular flexibility index (Phi) is 25.4. The number of aliphatic imine (C=N–C) groups is 1. The standard InChI is InChI=1S/C51H71N7O16S3/c1-37-15-5-6-16-41(37)48(42-17-7-8-18-43(42)52-25-12-32-75(65,66)55-26-31-56(4)27-13-33-76(67,68)69)51(64)73-49-38(2)35-40(36-39(49)3)50(63)54-24-11-29-57(30-14-34-77(70,71)72)28-10-23-53-44(59)19-9-20-47(62)74-58-45(60)21-22-46(58)61/h5-8,15-18,35-36,55H,9-14,19-34H2,1-4H3,(H,53,59)(H,54,63)(H,67,68,69)(H,70,71,72)/b48-42+,52-43?. The summed E-state index contributed by atoms with van der Waals surface area (Å²) < 4.78 is 97.2. The number of rotatable bonds is 33. The third kappa shape index (κ3) is 23.2. The molecule has 77 heavy (non-hydrogen) atoms. The molecular formula is C51H71N7O16S3. The molecule has 424 valence electrons. The Balaban J connectivity index is 1.32. The maximum absolute atomic E-state index is 14.4. The predicted molar refractivity (Wildman–Crippen MR) is 288 cm³/mol. The van der Waals surface area contributed by atoms with Crippen LogP contribution in [0.3, 0.4) is 0 Å². The van der Waals surface area contributed by atoms with Crippen molar-refractivity contribution in [2.75, 3.05) is 83.2 Å². The first kappa shape index (κ1) is 63.5. The number of aryl methyl sites for hydroxylation is 3. The van der Waals surface area contributed by atoms with Crippen LogP contribution < -0.4 is 20.1 Å². The number of imide groups is 1. The molecule has 1 heterocycles. The zero-order chi connectivity index (χ0) is 56.8. The lowest BCUT2D eigenvalue weighted by Crippen LogP contribution is -2.35. The maximum Gasteiger partial charge on any atom is 0.344 e. The van der Waals surface area contributed by atoms with E-state index < -0.39 is 59.8 Å². The monoisotopic (exact) mass is 1130 g/mol. The van der Waals surface area contributed by atoms with Gasteiger partial charge in [-0.1, -0.05) is 42.5 Å². The molecule has 26 heteroatoms. The molecule has 2 aromatic rings. The number of hydrogen-bond acceptors (Lipinski definition) is 17. The molecule has 0 unspecified atom stereocenters. The topological polar surface area (TPSA) is 322 Å². The van der Waals surface area contributed by atoms with Crippen LogP contribution in [0, 0.1) is 20.8 Å². The summed E-state index contributed by atoms with van der Waals surface area (Å²) in [7, 11) is -10.2. The molecule has 1 saturated heterocycles. The number of likely N-dealkylation sites (N-methyl/N-ethyl adjacent to an activating group) is 1. The second-order valence-corrected chi connectivity index (χ2v) is 23.7.